The molecule has 3 aliphatic rings. The van der Waals surface area contributed by atoms with E-state index in [1.807, 2.05) is 0 Å². The fraction of sp³-hybridized carbons (Fsp3) is 0.708. The molecule has 2 aromatic rings. The summed E-state index contributed by atoms with van der Waals surface area (Å²) in [7, 11) is -4.71. The standard InChI is InChI=1S/C24H32F3N5O2S/c25-24(26,27)20-11-10-19(21(22(20)35(28,33)34)23-29-31-32-30-23)17-8-4-14(5-9-17)12-15-6-7-16-2-1-3-18(16)13-15/h10-11,14-18H,1-9,12-13H2,(H2,28,33,34)(H,29,30,31,32)/t14?,15?,16-,17?,18+/m1/s1. The minimum atomic E-state index is -4.89. The van der Waals surface area contributed by atoms with Gasteiger partial charge in [-0.1, -0.05) is 31.7 Å². The van der Waals surface area contributed by atoms with Gasteiger partial charge in [-0.05, 0) is 91.4 Å². The second-order valence-corrected chi connectivity index (χ2v) is 12.3. The van der Waals surface area contributed by atoms with Gasteiger partial charge in [0.25, 0.3) is 0 Å². The van der Waals surface area contributed by atoms with Gasteiger partial charge in [-0.2, -0.15) is 18.4 Å². The maximum Gasteiger partial charge on any atom is 0.417 e. The van der Waals surface area contributed by atoms with E-state index in [1.54, 1.807) is 0 Å². The number of aromatic nitrogens is 4. The number of tetrazole rings is 1. The molecule has 7 nitrogen and oxygen atoms in total. The van der Waals surface area contributed by atoms with Crippen LogP contribution in [0, 0.1) is 23.7 Å². The molecule has 11 heteroatoms. The summed E-state index contributed by atoms with van der Waals surface area (Å²) in [5, 5.41) is 18.6. The van der Waals surface area contributed by atoms with Crippen LogP contribution in [0.4, 0.5) is 13.2 Å². The van der Waals surface area contributed by atoms with Crippen molar-refractivity contribution in [2.24, 2.45) is 28.8 Å². The first-order valence-electron chi connectivity index (χ1n) is 12.6. The van der Waals surface area contributed by atoms with E-state index in [0.29, 0.717) is 11.5 Å². The first kappa shape index (κ1) is 24.7. The number of primary sulfonamides is 1. The average molecular weight is 512 g/mol. The first-order valence-corrected chi connectivity index (χ1v) is 14.2. The Balaban J connectivity index is 1.38. The zero-order valence-electron chi connectivity index (χ0n) is 19.6. The summed E-state index contributed by atoms with van der Waals surface area (Å²) in [4.78, 5) is -0.973. The third-order valence-corrected chi connectivity index (χ3v) is 9.69. The molecular weight excluding hydrogens is 479 g/mol. The van der Waals surface area contributed by atoms with E-state index in [-0.39, 0.29) is 17.3 Å². The van der Waals surface area contributed by atoms with Gasteiger partial charge in [0.2, 0.25) is 15.8 Å². The quantitative estimate of drug-likeness (QED) is 0.557. The summed E-state index contributed by atoms with van der Waals surface area (Å²) in [5.74, 6) is 2.96. The summed E-state index contributed by atoms with van der Waals surface area (Å²) in [6.07, 6.45) is 8.05. The SMILES string of the molecule is NS(=O)(=O)c1c(C(F)(F)F)ccc(C2CCC(CC3CC[C@H]4CCC[C@H]4C3)CC2)c1-c1nn[nH]n1. The molecule has 0 amide bonds. The topological polar surface area (TPSA) is 115 Å². The molecule has 1 aromatic carbocycles. The summed E-state index contributed by atoms with van der Waals surface area (Å²) >= 11 is 0. The van der Waals surface area contributed by atoms with Crippen LogP contribution >= 0.6 is 0 Å². The van der Waals surface area contributed by atoms with Gasteiger partial charge in [-0.25, -0.2) is 13.6 Å². The highest BCUT2D eigenvalue weighted by Crippen LogP contribution is 2.49. The Labute approximate surface area is 203 Å². The fourth-order valence-electron chi connectivity index (χ4n) is 7.15. The van der Waals surface area contributed by atoms with Crippen LogP contribution in [0.25, 0.3) is 11.4 Å². The van der Waals surface area contributed by atoms with Crippen molar-refractivity contribution in [1.82, 2.24) is 20.6 Å². The normalized spacial score (nSPS) is 29.8. The molecule has 0 radical (unpaired) electrons. The summed E-state index contributed by atoms with van der Waals surface area (Å²) in [6.45, 7) is 0. The van der Waals surface area contributed by atoms with Gasteiger partial charge in [-0.15, -0.1) is 10.2 Å². The van der Waals surface area contributed by atoms with Crippen LogP contribution < -0.4 is 5.14 Å². The molecule has 3 atom stereocenters. The number of halogens is 3. The van der Waals surface area contributed by atoms with Crippen molar-refractivity contribution >= 4 is 10.0 Å². The minimum Gasteiger partial charge on any atom is -0.225 e. The lowest BCUT2D eigenvalue weighted by Gasteiger charge is -2.36. The molecule has 0 bridgehead atoms. The average Bonchev–Trinajstić information content (AvgIpc) is 3.49. The van der Waals surface area contributed by atoms with Crippen molar-refractivity contribution < 1.29 is 21.6 Å². The van der Waals surface area contributed by atoms with E-state index >= 15 is 0 Å². The summed E-state index contributed by atoms with van der Waals surface area (Å²) in [5.41, 5.74) is -0.993. The van der Waals surface area contributed by atoms with Gasteiger partial charge in [0.1, 0.15) is 4.90 Å². The summed E-state index contributed by atoms with van der Waals surface area (Å²) < 4.78 is 66.0. The molecule has 35 heavy (non-hydrogen) atoms. The predicted molar refractivity (Wildman–Crippen MR) is 123 cm³/mol. The minimum absolute atomic E-state index is 0.0897. The zero-order chi connectivity index (χ0) is 24.8. The van der Waals surface area contributed by atoms with Crippen LogP contribution in [-0.2, 0) is 16.2 Å². The Morgan fingerprint density at radius 1 is 0.971 bits per heavy atom. The Morgan fingerprint density at radius 2 is 1.69 bits per heavy atom. The number of hydrogen-bond acceptors (Lipinski definition) is 5. The highest BCUT2D eigenvalue weighted by molar-refractivity contribution is 7.89. The number of nitrogens with two attached hydrogens (primary N) is 1. The molecule has 192 valence electrons. The Kier molecular flexibility index (Phi) is 6.67. The number of alkyl halides is 3. The van der Waals surface area contributed by atoms with Crippen molar-refractivity contribution in [1.29, 1.82) is 0 Å². The Bertz CT molecular complexity index is 1140. The highest BCUT2D eigenvalue weighted by Gasteiger charge is 2.41. The largest absolute Gasteiger partial charge is 0.417 e. The van der Waals surface area contributed by atoms with Crippen LogP contribution in [0.3, 0.4) is 0 Å². The van der Waals surface area contributed by atoms with Crippen LogP contribution in [0.2, 0.25) is 0 Å². The van der Waals surface area contributed by atoms with Gasteiger partial charge in [0.15, 0.2) is 0 Å². The number of H-pyrrole nitrogens is 1. The molecule has 1 unspecified atom stereocenters. The predicted octanol–water partition coefficient (Wildman–Crippen LogP) is 5.41. The maximum absolute atomic E-state index is 13.7. The van der Waals surface area contributed by atoms with Gasteiger partial charge in [0, 0.05) is 5.56 Å². The molecular formula is C24H32F3N5O2S. The molecule has 1 aromatic heterocycles. The van der Waals surface area contributed by atoms with Gasteiger partial charge in [0.05, 0.1) is 5.56 Å². The third kappa shape index (κ3) is 5.12. The van der Waals surface area contributed by atoms with Crippen LogP contribution in [0.5, 0.6) is 0 Å². The lowest BCUT2D eigenvalue weighted by molar-refractivity contribution is -0.139. The van der Waals surface area contributed by atoms with Crippen molar-refractivity contribution in [2.45, 2.75) is 87.6 Å². The second-order valence-electron chi connectivity index (χ2n) is 10.8. The molecule has 3 aliphatic carbocycles. The number of hydrogen-bond donors (Lipinski definition) is 2. The monoisotopic (exact) mass is 511 g/mol. The number of rotatable bonds is 5. The third-order valence-electron chi connectivity index (χ3n) is 8.70. The molecule has 5 rings (SSSR count). The van der Waals surface area contributed by atoms with Crippen molar-refractivity contribution in [3.05, 3.63) is 23.3 Å². The molecule has 3 fully saturated rings. The Morgan fingerprint density at radius 3 is 2.34 bits per heavy atom. The molecule has 1 heterocycles. The number of aromatic amines is 1. The van der Waals surface area contributed by atoms with Crippen LogP contribution in [0.15, 0.2) is 17.0 Å². The molecule has 0 spiro atoms. The molecule has 0 aliphatic heterocycles. The van der Waals surface area contributed by atoms with Crippen molar-refractivity contribution in [2.75, 3.05) is 0 Å². The zero-order valence-corrected chi connectivity index (χ0v) is 20.4. The van der Waals surface area contributed by atoms with Crippen molar-refractivity contribution in [3.63, 3.8) is 0 Å². The molecule has 0 saturated heterocycles. The number of fused-ring (bicyclic) bond motifs is 1. The first-order chi connectivity index (χ1) is 16.6. The van der Waals surface area contributed by atoms with Gasteiger partial charge >= 0.3 is 6.18 Å². The molecule has 3 N–H and O–H groups in total. The van der Waals surface area contributed by atoms with E-state index in [1.165, 1.54) is 51.0 Å². The van der Waals surface area contributed by atoms with Gasteiger partial charge < -0.3 is 0 Å². The van der Waals surface area contributed by atoms with Gasteiger partial charge in [-0.3, -0.25) is 0 Å². The lowest BCUT2D eigenvalue weighted by atomic mass is 9.69. The van der Waals surface area contributed by atoms with E-state index in [2.05, 4.69) is 20.6 Å². The van der Waals surface area contributed by atoms with E-state index in [9.17, 15) is 21.6 Å². The number of sulfonamides is 1. The van der Waals surface area contributed by atoms with Crippen molar-refractivity contribution in [3.8, 4) is 11.4 Å². The fourth-order valence-corrected chi connectivity index (χ4v) is 8.13. The smallest absolute Gasteiger partial charge is 0.225 e. The lowest BCUT2D eigenvalue weighted by Crippen LogP contribution is -2.25. The van der Waals surface area contributed by atoms with Crippen LogP contribution in [0.1, 0.15) is 87.7 Å². The van der Waals surface area contributed by atoms with E-state index < -0.39 is 26.7 Å². The summed E-state index contributed by atoms with van der Waals surface area (Å²) in [6, 6.07) is 2.19. The van der Waals surface area contributed by atoms with E-state index in [4.69, 9.17) is 5.14 Å². The van der Waals surface area contributed by atoms with Crippen LogP contribution in [-0.4, -0.2) is 29.0 Å². The molecule has 3 saturated carbocycles. The highest BCUT2D eigenvalue weighted by atomic mass is 32.2. The Hall–Kier alpha value is -2.01. The second kappa shape index (κ2) is 9.46. The van der Waals surface area contributed by atoms with E-state index in [0.717, 1.165) is 49.5 Å². The number of benzene rings is 1. The number of nitrogens with one attached hydrogen (secondary N) is 1. The maximum atomic E-state index is 13.7. The number of nitrogens with zero attached hydrogens (tertiary/aromatic N) is 3.